The van der Waals surface area contributed by atoms with Gasteiger partial charge in [-0.05, 0) is 37.5 Å². The fourth-order valence-corrected chi connectivity index (χ4v) is 4.89. The number of thiophene rings is 1. The van der Waals surface area contributed by atoms with Gasteiger partial charge in [0.1, 0.15) is 5.03 Å². The number of carbonyl (C=O) groups is 2. The minimum absolute atomic E-state index is 0.0311. The summed E-state index contributed by atoms with van der Waals surface area (Å²) in [6.45, 7) is 0.519. The SMILES string of the molecule is O=C(CSc1nc(C(F)(F)F)nc2ccccc12)c1ccc(CCNC(=O)C2CC2)s1. The molecule has 0 atom stereocenters. The third kappa shape index (κ3) is 5.43. The summed E-state index contributed by atoms with van der Waals surface area (Å²) in [7, 11) is 0. The normalized spacial score (nSPS) is 14.0. The lowest BCUT2D eigenvalue weighted by Gasteiger charge is -2.10. The van der Waals surface area contributed by atoms with Gasteiger partial charge in [-0.2, -0.15) is 13.2 Å². The van der Waals surface area contributed by atoms with Crippen LogP contribution in [0.15, 0.2) is 41.4 Å². The Hall–Kier alpha value is -2.46. The topological polar surface area (TPSA) is 72.0 Å². The molecule has 1 fully saturated rings. The maximum absolute atomic E-state index is 13.1. The Balaban J connectivity index is 1.40. The summed E-state index contributed by atoms with van der Waals surface area (Å²) in [5, 5.41) is 3.49. The highest BCUT2D eigenvalue weighted by Gasteiger charge is 2.35. The van der Waals surface area contributed by atoms with Crippen molar-refractivity contribution in [3.05, 3.63) is 52.0 Å². The van der Waals surface area contributed by atoms with Crippen LogP contribution in [-0.4, -0.2) is 34.0 Å². The Kier molecular flexibility index (Phi) is 6.29. The predicted octanol–water partition coefficient (Wildman–Crippen LogP) is 4.75. The van der Waals surface area contributed by atoms with E-state index < -0.39 is 12.0 Å². The molecule has 0 spiro atoms. The Labute approximate surface area is 184 Å². The monoisotopic (exact) mass is 465 g/mol. The highest BCUT2D eigenvalue weighted by Crippen LogP contribution is 2.32. The average Bonchev–Trinajstić information content (AvgIpc) is 3.49. The van der Waals surface area contributed by atoms with Crippen molar-refractivity contribution in [1.29, 1.82) is 0 Å². The van der Waals surface area contributed by atoms with Gasteiger partial charge in [0.25, 0.3) is 0 Å². The van der Waals surface area contributed by atoms with Gasteiger partial charge in [0, 0.05) is 22.7 Å². The first-order valence-corrected chi connectivity index (χ1v) is 11.5. The molecular weight excluding hydrogens is 447 g/mol. The van der Waals surface area contributed by atoms with Crippen molar-refractivity contribution in [3.63, 3.8) is 0 Å². The smallest absolute Gasteiger partial charge is 0.356 e. The van der Waals surface area contributed by atoms with Crippen LogP contribution >= 0.6 is 23.1 Å². The second-order valence-electron chi connectivity index (χ2n) is 7.16. The van der Waals surface area contributed by atoms with Gasteiger partial charge >= 0.3 is 6.18 Å². The third-order valence-corrected chi connectivity index (χ3v) is 6.89. The third-order valence-electron chi connectivity index (χ3n) is 4.72. The number of fused-ring (bicyclic) bond motifs is 1. The van der Waals surface area contributed by atoms with Crippen molar-refractivity contribution < 1.29 is 22.8 Å². The molecule has 4 rings (SSSR count). The van der Waals surface area contributed by atoms with E-state index in [1.54, 1.807) is 24.3 Å². The van der Waals surface area contributed by atoms with Gasteiger partial charge < -0.3 is 5.32 Å². The Morgan fingerprint density at radius 3 is 2.65 bits per heavy atom. The van der Waals surface area contributed by atoms with Crippen LogP contribution < -0.4 is 5.32 Å². The number of nitrogens with zero attached hydrogens (tertiary/aromatic N) is 2. The maximum Gasteiger partial charge on any atom is 0.451 e. The largest absolute Gasteiger partial charge is 0.451 e. The van der Waals surface area contributed by atoms with Crippen LogP contribution in [0, 0.1) is 5.92 Å². The number of alkyl halides is 3. The number of aromatic nitrogens is 2. The van der Waals surface area contributed by atoms with Crippen LogP contribution in [0.1, 0.15) is 33.2 Å². The van der Waals surface area contributed by atoms with Gasteiger partial charge in [-0.1, -0.05) is 30.0 Å². The molecule has 0 aliphatic heterocycles. The molecule has 0 bridgehead atoms. The molecule has 0 radical (unpaired) electrons. The molecular formula is C21H18F3N3O2S2. The molecule has 1 N–H and O–H groups in total. The number of nitrogens with one attached hydrogen (secondary N) is 1. The second-order valence-corrected chi connectivity index (χ2v) is 9.29. The summed E-state index contributed by atoms with van der Waals surface area (Å²) in [5.74, 6) is -1.18. The zero-order valence-electron chi connectivity index (χ0n) is 16.2. The summed E-state index contributed by atoms with van der Waals surface area (Å²) in [4.78, 5) is 33.0. The lowest BCUT2D eigenvalue weighted by molar-refractivity contribution is -0.145. The van der Waals surface area contributed by atoms with Gasteiger partial charge in [-0.25, -0.2) is 9.97 Å². The van der Waals surface area contributed by atoms with E-state index in [0.29, 0.717) is 23.2 Å². The van der Waals surface area contributed by atoms with E-state index in [1.165, 1.54) is 17.4 Å². The predicted molar refractivity (Wildman–Crippen MR) is 113 cm³/mol. The first-order chi connectivity index (χ1) is 14.8. The summed E-state index contributed by atoms with van der Waals surface area (Å²) in [5.41, 5.74) is 0.187. The standard InChI is InChI=1S/C21H18F3N3O2S2/c22-21(23,24)20-26-15-4-2-1-3-14(15)19(27-20)30-11-16(28)17-8-7-13(31-17)9-10-25-18(29)12-5-6-12/h1-4,7-8,12H,5-6,9-11H2,(H,25,29). The molecule has 3 aromatic rings. The second kappa shape index (κ2) is 8.96. The molecule has 0 unspecified atom stereocenters. The summed E-state index contributed by atoms with van der Waals surface area (Å²) >= 11 is 2.31. The summed E-state index contributed by atoms with van der Waals surface area (Å²) in [6.07, 6.45) is -2.13. The number of amides is 1. The van der Waals surface area contributed by atoms with Gasteiger partial charge in [0.2, 0.25) is 11.7 Å². The zero-order chi connectivity index (χ0) is 22.0. The number of benzene rings is 1. The fraction of sp³-hybridized carbons (Fsp3) is 0.333. The van der Waals surface area contributed by atoms with Crippen molar-refractivity contribution in [1.82, 2.24) is 15.3 Å². The number of hydrogen-bond acceptors (Lipinski definition) is 6. The molecule has 1 aromatic carbocycles. The van der Waals surface area contributed by atoms with Gasteiger partial charge in [0.15, 0.2) is 5.78 Å². The van der Waals surface area contributed by atoms with Crippen LogP contribution in [-0.2, 0) is 17.4 Å². The molecule has 1 aliphatic carbocycles. The van der Waals surface area contributed by atoms with Gasteiger partial charge in [0.05, 0.1) is 16.1 Å². The van der Waals surface area contributed by atoms with Crippen molar-refractivity contribution in [2.75, 3.05) is 12.3 Å². The van der Waals surface area contributed by atoms with E-state index in [9.17, 15) is 22.8 Å². The first-order valence-electron chi connectivity index (χ1n) is 9.67. The number of carbonyl (C=O) groups excluding carboxylic acids is 2. The molecule has 162 valence electrons. The molecule has 5 nitrogen and oxygen atoms in total. The van der Waals surface area contributed by atoms with Crippen molar-refractivity contribution in [2.24, 2.45) is 5.92 Å². The van der Waals surface area contributed by atoms with Crippen LogP contribution in [0.5, 0.6) is 0 Å². The number of Topliss-reactive ketones (excluding diaryl/α,β-unsaturated/α-hetero) is 1. The number of ketones is 1. The molecule has 0 saturated heterocycles. The van der Waals surface area contributed by atoms with Crippen LogP contribution in [0.4, 0.5) is 13.2 Å². The van der Waals surface area contributed by atoms with Crippen molar-refractivity contribution in [3.8, 4) is 0 Å². The maximum atomic E-state index is 13.1. The van der Waals surface area contributed by atoms with E-state index in [4.69, 9.17) is 0 Å². The molecule has 1 amide bonds. The number of hydrogen-bond donors (Lipinski definition) is 1. The number of para-hydroxylation sites is 1. The van der Waals surface area contributed by atoms with Crippen molar-refractivity contribution >= 4 is 45.7 Å². The van der Waals surface area contributed by atoms with Crippen LogP contribution in [0.2, 0.25) is 0 Å². The first kappa shape index (κ1) is 21.8. The lowest BCUT2D eigenvalue weighted by atomic mass is 10.2. The molecule has 2 aromatic heterocycles. The van der Waals surface area contributed by atoms with Crippen molar-refractivity contribution in [2.45, 2.75) is 30.5 Å². The summed E-state index contributed by atoms with van der Waals surface area (Å²) in [6, 6.07) is 9.99. The molecule has 1 aliphatic rings. The Morgan fingerprint density at radius 2 is 1.90 bits per heavy atom. The van der Waals surface area contributed by atoms with E-state index in [2.05, 4.69) is 15.3 Å². The number of rotatable bonds is 8. The van der Waals surface area contributed by atoms with Crippen LogP contribution in [0.25, 0.3) is 10.9 Å². The van der Waals surface area contributed by atoms with E-state index in [0.717, 1.165) is 29.5 Å². The van der Waals surface area contributed by atoms with E-state index in [1.807, 2.05) is 6.07 Å². The average molecular weight is 466 g/mol. The molecule has 2 heterocycles. The zero-order valence-corrected chi connectivity index (χ0v) is 17.9. The minimum atomic E-state index is -4.67. The Bertz CT molecular complexity index is 1130. The van der Waals surface area contributed by atoms with Gasteiger partial charge in [-0.15, -0.1) is 11.3 Å². The van der Waals surface area contributed by atoms with E-state index >= 15 is 0 Å². The highest BCUT2D eigenvalue weighted by atomic mass is 32.2. The minimum Gasteiger partial charge on any atom is -0.356 e. The van der Waals surface area contributed by atoms with E-state index in [-0.39, 0.29) is 33.9 Å². The molecule has 31 heavy (non-hydrogen) atoms. The number of thioether (sulfide) groups is 1. The molecule has 1 saturated carbocycles. The fourth-order valence-electron chi connectivity index (χ4n) is 2.95. The van der Waals surface area contributed by atoms with Crippen LogP contribution in [0.3, 0.4) is 0 Å². The molecule has 10 heteroatoms. The van der Waals surface area contributed by atoms with Gasteiger partial charge in [-0.3, -0.25) is 9.59 Å². The lowest BCUT2D eigenvalue weighted by Crippen LogP contribution is -2.26. The summed E-state index contributed by atoms with van der Waals surface area (Å²) < 4.78 is 39.4. The quantitative estimate of drug-likeness (QED) is 0.295. The number of halogens is 3. The highest BCUT2D eigenvalue weighted by molar-refractivity contribution is 8.00. The Morgan fingerprint density at radius 1 is 1.13 bits per heavy atom.